The molecule has 3 heteroatoms. The molecule has 0 aliphatic carbocycles. The van der Waals surface area contributed by atoms with Crippen molar-refractivity contribution in [1.82, 2.24) is 0 Å². The molecule has 0 N–H and O–H groups in total. The molecule has 0 unspecified atom stereocenters. The van der Waals surface area contributed by atoms with E-state index in [2.05, 4.69) is 15.9 Å². The molecule has 0 saturated carbocycles. The smallest absolute Gasteiger partial charge is 0.139 e. The number of hydrogen-bond donors (Lipinski definition) is 0. The van der Waals surface area contributed by atoms with Gasteiger partial charge in [-0.15, -0.1) is 0 Å². The second-order valence-corrected chi connectivity index (χ2v) is 4.66. The van der Waals surface area contributed by atoms with Crippen molar-refractivity contribution in [1.29, 1.82) is 0 Å². The van der Waals surface area contributed by atoms with Gasteiger partial charge in [0.15, 0.2) is 0 Å². The fourth-order valence-corrected chi connectivity index (χ4v) is 1.47. The van der Waals surface area contributed by atoms with E-state index in [1.165, 1.54) is 13.0 Å². The van der Waals surface area contributed by atoms with E-state index >= 15 is 0 Å². The molecule has 1 nitrogen and oxygen atoms in total. The maximum Gasteiger partial charge on any atom is 0.139 e. The van der Waals surface area contributed by atoms with Crippen molar-refractivity contribution in [3.63, 3.8) is 0 Å². The summed E-state index contributed by atoms with van der Waals surface area (Å²) in [4.78, 5) is 11.4. The van der Waals surface area contributed by atoms with Crippen LogP contribution < -0.4 is 0 Å². The van der Waals surface area contributed by atoms with Gasteiger partial charge >= 0.3 is 0 Å². The topological polar surface area (TPSA) is 17.1 Å². The van der Waals surface area contributed by atoms with Crippen molar-refractivity contribution in [2.75, 3.05) is 0 Å². The van der Waals surface area contributed by atoms with Crippen molar-refractivity contribution in [3.8, 4) is 0 Å². The summed E-state index contributed by atoms with van der Waals surface area (Å²) in [5, 5.41) is 0. The van der Waals surface area contributed by atoms with Crippen LogP contribution in [0.1, 0.15) is 26.3 Å². The molecule has 0 aromatic heterocycles. The van der Waals surface area contributed by atoms with Crippen LogP contribution in [0, 0.1) is 5.82 Å². The summed E-state index contributed by atoms with van der Waals surface area (Å²) in [5.41, 5.74) is 0.259. The zero-order valence-electron chi connectivity index (χ0n) is 8.40. The van der Waals surface area contributed by atoms with Gasteiger partial charge in [0.2, 0.25) is 0 Å². The lowest BCUT2D eigenvalue weighted by Gasteiger charge is -2.21. The number of benzene rings is 1. The highest BCUT2D eigenvalue weighted by Gasteiger charge is 2.26. The summed E-state index contributed by atoms with van der Waals surface area (Å²) >= 11 is 3.10. The Morgan fingerprint density at radius 2 is 2.00 bits per heavy atom. The molecule has 0 radical (unpaired) electrons. The molecule has 0 aliphatic rings. The summed E-state index contributed by atoms with van der Waals surface area (Å²) < 4.78 is 13.3. The van der Waals surface area contributed by atoms with E-state index in [9.17, 15) is 9.18 Å². The van der Waals surface area contributed by atoms with E-state index in [1.807, 2.05) is 13.8 Å². The Balaban J connectivity index is 3.21. The van der Waals surface area contributed by atoms with Gasteiger partial charge in [-0.25, -0.2) is 4.39 Å². The van der Waals surface area contributed by atoms with Gasteiger partial charge < -0.3 is 0 Å². The molecule has 14 heavy (non-hydrogen) atoms. The zero-order valence-corrected chi connectivity index (χ0v) is 9.98. The second kappa shape index (κ2) is 3.81. The third kappa shape index (κ3) is 2.03. The van der Waals surface area contributed by atoms with E-state index in [-0.39, 0.29) is 11.6 Å². The third-order valence-electron chi connectivity index (χ3n) is 2.52. The number of carbonyl (C=O) groups is 1. The highest BCUT2D eigenvalue weighted by molar-refractivity contribution is 9.10. The van der Waals surface area contributed by atoms with E-state index in [0.29, 0.717) is 4.47 Å². The van der Waals surface area contributed by atoms with Crippen molar-refractivity contribution < 1.29 is 9.18 Å². The van der Waals surface area contributed by atoms with Crippen molar-refractivity contribution >= 4 is 21.7 Å². The Kier molecular flexibility index (Phi) is 3.10. The molecular weight excluding hydrogens is 247 g/mol. The van der Waals surface area contributed by atoms with Crippen LogP contribution in [0.5, 0.6) is 0 Å². The quantitative estimate of drug-likeness (QED) is 0.794. The number of ketones is 1. The van der Waals surface area contributed by atoms with Gasteiger partial charge in [0.25, 0.3) is 0 Å². The fraction of sp³-hybridized carbons (Fsp3) is 0.364. The Hall–Kier alpha value is -0.700. The highest BCUT2D eigenvalue weighted by Crippen LogP contribution is 2.27. The van der Waals surface area contributed by atoms with Gasteiger partial charge in [0.1, 0.15) is 11.6 Å². The first-order valence-corrected chi connectivity index (χ1v) is 5.11. The van der Waals surface area contributed by atoms with Gasteiger partial charge in [-0.05, 0) is 54.4 Å². The number of Topliss-reactive ketones (excluding diaryl/α,β-unsaturated/α-hetero) is 1. The van der Waals surface area contributed by atoms with Crippen LogP contribution in [0.4, 0.5) is 4.39 Å². The van der Waals surface area contributed by atoms with Gasteiger partial charge in [0, 0.05) is 5.41 Å². The van der Waals surface area contributed by atoms with Crippen LogP contribution in [0.2, 0.25) is 0 Å². The standard InChI is InChI=1S/C11H12BrFO/c1-7(14)11(2,3)8-4-5-10(13)9(12)6-8/h4-6H,1-3H3. The van der Waals surface area contributed by atoms with E-state index < -0.39 is 5.41 Å². The third-order valence-corrected chi connectivity index (χ3v) is 3.13. The maximum atomic E-state index is 13.0. The molecule has 0 aliphatic heterocycles. The van der Waals surface area contributed by atoms with Crippen LogP contribution in [-0.4, -0.2) is 5.78 Å². The number of hydrogen-bond acceptors (Lipinski definition) is 1. The van der Waals surface area contributed by atoms with E-state index in [0.717, 1.165) is 5.56 Å². The SMILES string of the molecule is CC(=O)C(C)(C)c1ccc(F)c(Br)c1. The molecular formula is C11H12BrFO. The molecule has 0 fully saturated rings. The first-order valence-electron chi connectivity index (χ1n) is 4.32. The van der Waals surface area contributed by atoms with Crippen LogP contribution in [0.3, 0.4) is 0 Å². The summed E-state index contributed by atoms with van der Waals surface area (Å²) in [6.45, 7) is 5.20. The highest BCUT2D eigenvalue weighted by atomic mass is 79.9. The predicted molar refractivity (Wildman–Crippen MR) is 57.8 cm³/mol. The van der Waals surface area contributed by atoms with Gasteiger partial charge in [0.05, 0.1) is 4.47 Å². The average Bonchev–Trinajstić information content (AvgIpc) is 2.09. The number of carbonyl (C=O) groups excluding carboxylic acids is 1. The molecule has 1 rings (SSSR count). The second-order valence-electron chi connectivity index (χ2n) is 3.81. The summed E-state index contributed by atoms with van der Waals surface area (Å²) in [5.74, 6) is -0.246. The molecule has 76 valence electrons. The Bertz CT molecular complexity index is 372. The van der Waals surface area contributed by atoms with Crippen molar-refractivity contribution in [2.45, 2.75) is 26.2 Å². The minimum absolute atomic E-state index is 0.0657. The molecule has 0 saturated heterocycles. The lowest BCUT2D eigenvalue weighted by atomic mass is 9.81. The normalized spacial score (nSPS) is 11.5. The number of halogens is 2. The first kappa shape index (κ1) is 11.4. The maximum absolute atomic E-state index is 13.0. The van der Waals surface area contributed by atoms with Gasteiger partial charge in [-0.1, -0.05) is 6.07 Å². The van der Waals surface area contributed by atoms with E-state index in [1.54, 1.807) is 12.1 Å². The lowest BCUT2D eigenvalue weighted by molar-refractivity contribution is -0.121. The Morgan fingerprint density at radius 3 is 2.43 bits per heavy atom. The van der Waals surface area contributed by atoms with Crippen LogP contribution in [0.15, 0.2) is 22.7 Å². The summed E-state index contributed by atoms with van der Waals surface area (Å²) in [6.07, 6.45) is 0. The van der Waals surface area contributed by atoms with Crippen LogP contribution in [0.25, 0.3) is 0 Å². The Labute approximate surface area is 91.5 Å². The van der Waals surface area contributed by atoms with Gasteiger partial charge in [-0.2, -0.15) is 0 Å². The molecule has 0 spiro atoms. The average molecular weight is 259 g/mol. The largest absolute Gasteiger partial charge is 0.299 e. The summed E-state index contributed by atoms with van der Waals surface area (Å²) in [7, 11) is 0. The molecule has 0 atom stereocenters. The molecule has 0 amide bonds. The van der Waals surface area contributed by atoms with Crippen molar-refractivity contribution in [3.05, 3.63) is 34.1 Å². The lowest BCUT2D eigenvalue weighted by Crippen LogP contribution is -2.26. The minimum Gasteiger partial charge on any atom is -0.299 e. The zero-order chi connectivity index (χ0) is 10.9. The van der Waals surface area contributed by atoms with E-state index in [4.69, 9.17) is 0 Å². The molecule has 0 heterocycles. The summed E-state index contributed by atoms with van der Waals surface area (Å²) in [6, 6.07) is 4.66. The van der Waals surface area contributed by atoms with Gasteiger partial charge in [-0.3, -0.25) is 4.79 Å². The Morgan fingerprint density at radius 1 is 1.43 bits per heavy atom. The predicted octanol–water partition coefficient (Wildman–Crippen LogP) is 3.45. The van der Waals surface area contributed by atoms with Crippen LogP contribution >= 0.6 is 15.9 Å². The molecule has 0 bridgehead atoms. The monoisotopic (exact) mass is 258 g/mol. The molecule has 1 aromatic rings. The fourth-order valence-electron chi connectivity index (χ4n) is 1.09. The van der Waals surface area contributed by atoms with Crippen LogP contribution in [-0.2, 0) is 10.2 Å². The van der Waals surface area contributed by atoms with Crippen molar-refractivity contribution in [2.24, 2.45) is 0 Å². The molecule has 1 aromatic carbocycles. The minimum atomic E-state index is -0.559. The number of rotatable bonds is 2. The first-order chi connectivity index (χ1) is 6.35.